The number of fused-ring (bicyclic) bond motifs is 1. The van der Waals surface area contributed by atoms with Crippen molar-refractivity contribution < 1.29 is 13.9 Å². The normalized spacial score (nSPS) is 14.4. The largest absolute Gasteiger partial charge is 0.440 e. The highest BCUT2D eigenvalue weighted by molar-refractivity contribution is 5.91. The van der Waals surface area contributed by atoms with Gasteiger partial charge in [0.1, 0.15) is 5.52 Å². The Kier molecular flexibility index (Phi) is 3.56. The fourth-order valence-electron chi connectivity index (χ4n) is 1.97. The van der Waals surface area contributed by atoms with Crippen LogP contribution in [0.2, 0.25) is 0 Å². The highest BCUT2D eigenvalue weighted by Gasteiger charge is 2.28. The molecule has 1 aliphatic carbocycles. The van der Waals surface area contributed by atoms with Crippen LogP contribution < -0.4 is 10.6 Å². The molecule has 1 fully saturated rings. The molecule has 1 heterocycles. The van der Waals surface area contributed by atoms with E-state index in [1.165, 1.54) is 0 Å². The van der Waals surface area contributed by atoms with Crippen molar-refractivity contribution in [1.29, 1.82) is 0 Å². The number of amides is 2. The second kappa shape index (κ2) is 5.50. The van der Waals surface area contributed by atoms with Gasteiger partial charge in [0, 0.05) is 25.3 Å². The van der Waals surface area contributed by atoms with Crippen molar-refractivity contribution >= 4 is 22.8 Å². The van der Waals surface area contributed by atoms with E-state index in [2.05, 4.69) is 15.6 Å². The molecule has 106 valence electrons. The van der Waals surface area contributed by atoms with Crippen molar-refractivity contribution in [1.82, 2.24) is 10.3 Å². The standard InChI is InChI=1S/C14H17N3O3/c1-19-7-6-15-14(18)16-10-4-5-12-11(8-10)17-13(20-12)9-2-3-9/h4-5,8-9H,2-3,6-7H2,1H3,(H2,15,16,18). The lowest BCUT2D eigenvalue weighted by Crippen LogP contribution is -2.31. The predicted octanol–water partition coefficient (Wildman–Crippen LogP) is 2.47. The molecule has 1 saturated carbocycles. The van der Waals surface area contributed by atoms with Crippen LogP contribution in [0.25, 0.3) is 11.1 Å². The van der Waals surface area contributed by atoms with Crippen LogP contribution in [-0.2, 0) is 4.74 Å². The van der Waals surface area contributed by atoms with Gasteiger partial charge in [-0.1, -0.05) is 0 Å². The maximum absolute atomic E-state index is 11.6. The summed E-state index contributed by atoms with van der Waals surface area (Å²) in [6.07, 6.45) is 2.31. The second-order valence-corrected chi connectivity index (χ2v) is 4.88. The molecule has 20 heavy (non-hydrogen) atoms. The first-order chi connectivity index (χ1) is 9.76. The molecule has 0 unspecified atom stereocenters. The summed E-state index contributed by atoms with van der Waals surface area (Å²) in [7, 11) is 1.59. The smallest absolute Gasteiger partial charge is 0.319 e. The van der Waals surface area contributed by atoms with Crippen molar-refractivity contribution in [2.24, 2.45) is 0 Å². The third kappa shape index (κ3) is 2.91. The number of carbonyl (C=O) groups is 1. The van der Waals surface area contributed by atoms with Gasteiger partial charge >= 0.3 is 6.03 Å². The first-order valence-electron chi connectivity index (χ1n) is 6.70. The molecule has 2 amide bonds. The van der Waals surface area contributed by atoms with Gasteiger partial charge in [0.25, 0.3) is 0 Å². The molecule has 3 rings (SSSR count). The highest BCUT2D eigenvalue weighted by atomic mass is 16.5. The van der Waals surface area contributed by atoms with Crippen molar-refractivity contribution in [3.63, 3.8) is 0 Å². The molecule has 0 bridgehead atoms. The van der Waals surface area contributed by atoms with E-state index >= 15 is 0 Å². The van der Waals surface area contributed by atoms with Crippen molar-refractivity contribution in [2.75, 3.05) is 25.6 Å². The van der Waals surface area contributed by atoms with E-state index in [-0.39, 0.29) is 6.03 Å². The van der Waals surface area contributed by atoms with Gasteiger partial charge in [-0.3, -0.25) is 0 Å². The number of nitrogens with one attached hydrogen (secondary N) is 2. The maximum atomic E-state index is 11.6. The molecule has 6 nitrogen and oxygen atoms in total. The summed E-state index contributed by atoms with van der Waals surface area (Å²) in [4.78, 5) is 16.1. The van der Waals surface area contributed by atoms with Gasteiger partial charge in [0.2, 0.25) is 0 Å². The lowest BCUT2D eigenvalue weighted by atomic mass is 10.3. The average molecular weight is 275 g/mol. The number of rotatable bonds is 5. The third-order valence-electron chi connectivity index (χ3n) is 3.18. The number of ether oxygens (including phenoxy) is 1. The molecule has 1 aromatic heterocycles. The molecule has 0 saturated heterocycles. The van der Waals surface area contributed by atoms with E-state index in [1.807, 2.05) is 12.1 Å². The fraction of sp³-hybridized carbons (Fsp3) is 0.429. The Morgan fingerprint density at radius 1 is 1.50 bits per heavy atom. The monoisotopic (exact) mass is 275 g/mol. The lowest BCUT2D eigenvalue weighted by molar-refractivity contribution is 0.198. The van der Waals surface area contributed by atoms with Crippen LogP contribution in [0.3, 0.4) is 0 Å². The van der Waals surface area contributed by atoms with Crippen LogP contribution >= 0.6 is 0 Å². The molecule has 0 atom stereocenters. The molecule has 2 aromatic rings. The number of carbonyl (C=O) groups excluding carboxylic acids is 1. The Balaban J connectivity index is 1.67. The van der Waals surface area contributed by atoms with Crippen molar-refractivity contribution in [3.05, 3.63) is 24.1 Å². The van der Waals surface area contributed by atoms with Crippen molar-refractivity contribution in [3.8, 4) is 0 Å². The summed E-state index contributed by atoms with van der Waals surface area (Å²) in [5.41, 5.74) is 2.24. The number of nitrogens with zero attached hydrogens (tertiary/aromatic N) is 1. The Hall–Kier alpha value is -2.08. The molecule has 1 aliphatic rings. The van der Waals surface area contributed by atoms with E-state index in [4.69, 9.17) is 9.15 Å². The van der Waals surface area contributed by atoms with Gasteiger partial charge in [0.05, 0.1) is 6.61 Å². The first-order valence-corrected chi connectivity index (χ1v) is 6.70. The number of hydrogen-bond donors (Lipinski definition) is 2. The Morgan fingerprint density at radius 2 is 2.35 bits per heavy atom. The SMILES string of the molecule is COCCNC(=O)Nc1ccc2oc(C3CC3)nc2c1. The van der Waals surface area contributed by atoms with Gasteiger partial charge in [-0.25, -0.2) is 9.78 Å². The molecular weight excluding hydrogens is 258 g/mol. The number of benzene rings is 1. The van der Waals surface area contributed by atoms with Gasteiger partial charge in [-0.15, -0.1) is 0 Å². The zero-order valence-corrected chi connectivity index (χ0v) is 11.3. The molecule has 0 radical (unpaired) electrons. The number of anilines is 1. The van der Waals surface area contributed by atoms with Gasteiger partial charge in [0.15, 0.2) is 11.5 Å². The van der Waals surface area contributed by atoms with Crippen LogP contribution in [0.5, 0.6) is 0 Å². The quantitative estimate of drug-likeness (QED) is 0.822. The van der Waals surface area contributed by atoms with Crippen LogP contribution in [0, 0.1) is 0 Å². The average Bonchev–Trinajstić information content (AvgIpc) is 3.19. The molecule has 2 N–H and O–H groups in total. The summed E-state index contributed by atoms with van der Waals surface area (Å²) < 4.78 is 10.5. The summed E-state index contributed by atoms with van der Waals surface area (Å²) in [5.74, 6) is 1.29. The Labute approximate surface area is 116 Å². The minimum atomic E-state index is -0.257. The van der Waals surface area contributed by atoms with Crippen LogP contribution in [-0.4, -0.2) is 31.3 Å². The van der Waals surface area contributed by atoms with Gasteiger partial charge in [-0.05, 0) is 31.0 Å². The third-order valence-corrected chi connectivity index (χ3v) is 3.18. The number of urea groups is 1. The van der Waals surface area contributed by atoms with E-state index < -0.39 is 0 Å². The van der Waals surface area contributed by atoms with E-state index in [1.54, 1.807) is 13.2 Å². The first kappa shape index (κ1) is 12.9. The minimum absolute atomic E-state index is 0.257. The molecular formula is C14H17N3O3. The number of aromatic nitrogens is 1. The Morgan fingerprint density at radius 3 is 3.10 bits per heavy atom. The Bertz CT molecular complexity index is 619. The van der Waals surface area contributed by atoms with Crippen molar-refractivity contribution in [2.45, 2.75) is 18.8 Å². The molecule has 0 aliphatic heterocycles. The summed E-state index contributed by atoms with van der Waals surface area (Å²) in [6, 6.07) is 5.20. The number of oxazole rings is 1. The van der Waals surface area contributed by atoms with Crippen LogP contribution in [0.1, 0.15) is 24.7 Å². The minimum Gasteiger partial charge on any atom is -0.440 e. The number of hydrogen-bond acceptors (Lipinski definition) is 4. The summed E-state index contributed by atoms with van der Waals surface area (Å²) in [6.45, 7) is 0.959. The topological polar surface area (TPSA) is 76.4 Å². The second-order valence-electron chi connectivity index (χ2n) is 4.88. The highest BCUT2D eigenvalue weighted by Crippen LogP contribution is 2.40. The lowest BCUT2D eigenvalue weighted by Gasteiger charge is -2.06. The zero-order valence-electron chi connectivity index (χ0n) is 11.3. The van der Waals surface area contributed by atoms with E-state index in [9.17, 15) is 4.79 Å². The summed E-state index contributed by atoms with van der Waals surface area (Å²) >= 11 is 0. The maximum Gasteiger partial charge on any atom is 0.319 e. The predicted molar refractivity (Wildman–Crippen MR) is 74.9 cm³/mol. The molecule has 1 aromatic carbocycles. The molecule has 0 spiro atoms. The molecule has 6 heteroatoms. The van der Waals surface area contributed by atoms with E-state index in [0.29, 0.717) is 24.8 Å². The van der Waals surface area contributed by atoms with E-state index in [0.717, 1.165) is 29.8 Å². The van der Waals surface area contributed by atoms with Gasteiger partial charge in [-0.2, -0.15) is 0 Å². The zero-order chi connectivity index (χ0) is 13.9. The van der Waals surface area contributed by atoms with Gasteiger partial charge < -0.3 is 19.8 Å². The van der Waals surface area contributed by atoms with Crippen LogP contribution in [0.4, 0.5) is 10.5 Å². The van der Waals surface area contributed by atoms with Crippen LogP contribution in [0.15, 0.2) is 22.6 Å². The fourth-order valence-corrected chi connectivity index (χ4v) is 1.97. The summed E-state index contributed by atoms with van der Waals surface area (Å²) in [5, 5.41) is 5.45. The number of methoxy groups -OCH3 is 1.